The lowest BCUT2D eigenvalue weighted by Gasteiger charge is -2.45. The van der Waals surface area contributed by atoms with Crippen molar-refractivity contribution in [2.75, 3.05) is 31.1 Å². The molecule has 0 aliphatic carbocycles. The van der Waals surface area contributed by atoms with Gasteiger partial charge in [-0.1, -0.05) is 70.9 Å². The normalized spacial score (nSPS) is 28.7. The maximum atomic E-state index is 15.1. The largest absolute Gasteiger partial charge is 0.396 e. The van der Waals surface area contributed by atoms with E-state index in [0.29, 0.717) is 38.9 Å². The minimum atomic E-state index is -1.12. The highest BCUT2D eigenvalue weighted by atomic mass is 16.5. The number of ether oxygens (including phenoxy) is 1. The van der Waals surface area contributed by atoms with Crippen LogP contribution in [0.2, 0.25) is 0 Å². The van der Waals surface area contributed by atoms with Crippen LogP contribution >= 0.6 is 0 Å². The summed E-state index contributed by atoms with van der Waals surface area (Å²) >= 11 is 0. The molecule has 0 aromatic heterocycles. The second kappa shape index (κ2) is 13.6. The Hall–Kier alpha value is -2.97. The number of fused-ring (bicyclic) bond motifs is 1. The average molecular weight is 636 g/mol. The number of aliphatic hydroxyl groups is 1. The smallest absolute Gasteiger partial charge is 0.249 e. The molecule has 1 aromatic rings. The van der Waals surface area contributed by atoms with Crippen LogP contribution in [-0.4, -0.2) is 81.7 Å². The lowest BCUT2D eigenvalue weighted by molar-refractivity contribution is -0.156. The van der Waals surface area contributed by atoms with E-state index in [0.717, 1.165) is 24.9 Å². The number of para-hydroxylation sites is 1. The Morgan fingerprint density at radius 2 is 1.65 bits per heavy atom. The van der Waals surface area contributed by atoms with Gasteiger partial charge in [-0.25, -0.2) is 0 Å². The SMILES string of the molecule is C=CCN(C(=O)[C@@H]1[C@H]2C(=O)N(CCCCCCO)C(C(=O)N(CC=C)C(C)(C)CC(C)(C)C)C23CC(C)[C@@]1(C)O3)c1ccccc1. The van der Waals surface area contributed by atoms with Gasteiger partial charge in [0.1, 0.15) is 11.6 Å². The highest BCUT2D eigenvalue weighted by Gasteiger charge is 2.80. The first-order chi connectivity index (χ1) is 21.6. The minimum absolute atomic E-state index is 0.0459. The summed E-state index contributed by atoms with van der Waals surface area (Å²) in [5, 5.41) is 9.30. The molecule has 3 unspecified atom stereocenters. The average Bonchev–Trinajstić information content (AvgIpc) is 3.49. The molecule has 0 saturated carbocycles. The molecular formula is C38H57N3O5. The number of likely N-dealkylation sites (tertiary alicyclic amines) is 1. The molecule has 8 heteroatoms. The molecule has 3 amide bonds. The Kier molecular flexibility index (Phi) is 10.6. The molecular weight excluding hydrogens is 578 g/mol. The van der Waals surface area contributed by atoms with Crippen molar-refractivity contribution in [3.05, 3.63) is 55.6 Å². The number of benzene rings is 1. The molecule has 3 aliphatic rings. The summed E-state index contributed by atoms with van der Waals surface area (Å²) in [6, 6.07) is 8.62. The quantitative estimate of drug-likeness (QED) is 0.189. The second-order valence-electron chi connectivity index (χ2n) is 15.7. The number of rotatable bonds is 15. The summed E-state index contributed by atoms with van der Waals surface area (Å²) in [5.41, 5.74) is -1.87. The van der Waals surface area contributed by atoms with Crippen molar-refractivity contribution in [2.24, 2.45) is 23.2 Å². The van der Waals surface area contributed by atoms with E-state index in [9.17, 15) is 14.7 Å². The van der Waals surface area contributed by atoms with Crippen LogP contribution in [0.3, 0.4) is 0 Å². The molecule has 1 spiro atoms. The summed E-state index contributed by atoms with van der Waals surface area (Å²) < 4.78 is 7.06. The van der Waals surface area contributed by atoms with Crippen molar-refractivity contribution < 1.29 is 24.2 Å². The fraction of sp³-hybridized carbons (Fsp3) is 0.658. The number of unbranched alkanes of at least 4 members (excludes halogenated alkanes) is 3. The summed E-state index contributed by atoms with van der Waals surface area (Å²) in [6.07, 6.45) is 7.79. The summed E-state index contributed by atoms with van der Waals surface area (Å²) in [7, 11) is 0. The summed E-state index contributed by atoms with van der Waals surface area (Å²) in [4.78, 5) is 49.9. The van der Waals surface area contributed by atoms with Gasteiger partial charge in [0.05, 0.1) is 17.4 Å². The number of hydrogen-bond donors (Lipinski definition) is 1. The van der Waals surface area contributed by atoms with Crippen LogP contribution in [0.1, 0.15) is 87.0 Å². The molecule has 3 heterocycles. The first-order valence-corrected chi connectivity index (χ1v) is 17.1. The van der Waals surface area contributed by atoms with Gasteiger partial charge in [-0.2, -0.15) is 0 Å². The van der Waals surface area contributed by atoms with E-state index in [1.165, 1.54) is 0 Å². The molecule has 3 fully saturated rings. The van der Waals surface area contributed by atoms with Crippen molar-refractivity contribution in [2.45, 2.75) is 110 Å². The number of carbonyl (C=O) groups excluding carboxylic acids is 3. The molecule has 8 nitrogen and oxygen atoms in total. The van der Waals surface area contributed by atoms with Gasteiger partial charge in [0.2, 0.25) is 17.7 Å². The molecule has 46 heavy (non-hydrogen) atoms. The number of hydrogen-bond acceptors (Lipinski definition) is 5. The van der Waals surface area contributed by atoms with E-state index in [1.807, 2.05) is 42.2 Å². The zero-order chi connectivity index (χ0) is 34.1. The highest BCUT2D eigenvalue weighted by molar-refractivity contribution is 6.03. The first-order valence-electron chi connectivity index (χ1n) is 17.1. The van der Waals surface area contributed by atoms with E-state index < -0.39 is 34.6 Å². The first kappa shape index (κ1) is 35.9. The molecule has 6 atom stereocenters. The number of amides is 3. The van der Waals surface area contributed by atoms with E-state index in [-0.39, 0.29) is 35.7 Å². The maximum absolute atomic E-state index is 15.1. The number of carbonyl (C=O) groups is 3. The fourth-order valence-electron chi connectivity index (χ4n) is 8.91. The summed E-state index contributed by atoms with van der Waals surface area (Å²) in [5.74, 6) is -2.08. The molecule has 4 rings (SSSR count). The lowest BCUT2D eigenvalue weighted by Crippen LogP contribution is -2.61. The van der Waals surface area contributed by atoms with Gasteiger partial charge in [0, 0.05) is 37.5 Å². The van der Waals surface area contributed by atoms with E-state index >= 15 is 4.79 Å². The maximum Gasteiger partial charge on any atom is 0.249 e. The predicted molar refractivity (Wildman–Crippen MR) is 183 cm³/mol. The lowest BCUT2D eigenvalue weighted by atomic mass is 9.62. The molecule has 3 saturated heterocycles. The van der Waals surface area contributed by atoms with Gasteiger partial charge in [-0.15, -0.1) is 13.2 Å². The Morgan fingerprint density at radius 1 is 1.02 bits per heavy atom. The van der Waals surface area contributed by atoms with Gasteiger partial charge in [0.25, 0.3) is 0 Å². The van der Waals surface area contributed by atoms with Crippen molar-refractivity contribution in [3.63, 3.8) is 0 Å². The third-order valence-electron chi connectivity index (χ3n) is 10.5. The van der Waals surface area contributed by atoms with E-state index in [1.54, 1.807) is 22.0 Å². The van der Waals surface area contributed by atoms with Crippen LogP contribution in [-0.2, 0) is 19.1 Å². The van der Waals surface area contributed by atoms with Crippen LogP contribution in [0.5, 0.6) is 0 Å². The van der Waals surface area contributed by atoms with Crippen molar-refractivity contribution in [1.82, 2.24) is 9.80 Å². The predicted octanol–water partition coefficient (Wildman–Crippen LogP) is 6.00. The van der Waals surface area contributed by atoms with Gasteiger partial charge in [0.15, 0.2) is 0 Å². The minimum Gasteiger partial charge on any atom is -0.396 e. The monoisotopic (exact) mass is 635 g/mol. The van der Waals surface area contributed by atoms with Crippen LogP contribution in [0.4, 0.5) is 5.69 Å². The Bertz CT molecular complexity index is 1290. The zero-order valence-electron chi connectivity index (χ0n) is 29.3. The Morgan fingerprint density at radius 3 is 2.24 bits per heavy atom. The topological polar surface area (TPSA) is 90.4 Å². The second-order valence-corrected chi connectivity index (χ2v) is 15.7. The van der Waals surface area contributed by atoms with Crippen molar-refractivity contribution in [1.29, 1.82) is 0 Å². The van der Waals surface area contributed by atoms with Gasteiger partial charge in [-0.3, -0.25) is 14.4 Å². The molecule has 1 aromatic carbocycles. The van der Waals surface area contributed by atoms with Crippen LogP contribution < -0.4 is 4.90 Å². The molecule has 0 radical (unpaired) electrons. The number of nitrogens with zero attached hydrogens (tertiary/aromatic N) is 3. The van der Waals surface area contributed by atoms with Crippen molar-refractivity contribution >= 4 is 23.4 Å². The molecule has 1 N–H and O–H groups in total. The molecule has 3 aliphatic heterocycles. The van der Waals surface area contributed by atoms with Crippen LogP contribution in [0.25, 0.3) is 0 Å². The van der Waals surface area contributed by atoms with Gasteiger partial charge in [-0.05, 0) is 69.9 Å². The zero-order valence-corrected chi connectivity index (χ0v) is 29.3. The Balaban J connectivity index is 1.82. The summed E-state index contributed by atoms with van der Waals surface area (Å²) in [6.45, 7) is 23.8. The molecule has 254 valence electrons. The molecule has 2 bridgehead atoms. The van der Waals surface area contributed by atoms with Crippen molar-refractivity contribution in [3.8, 4) is 0 Å². The fourth-order valence-corrected chi connectivity index (χ4v) is 8.91. The Labute approximate surface area is 276 Å². The third-order valence-corrected chi connectivity index (χ3v) is 10.5. The number of anilines is 1. The highest BCUT2D eigenvalue weighted by Crippen LogP contribution is 2.65. The van der Waals surface area contributed by atoms with Gasteiger partial charge >= 0.3 is 0 Å². The van der Waals surface area contributed by atoms with Gasteiger partial charge < -0.3 is 24.5 Å². The standard InChI is InChI=1S/C38H57N3O5/c1-10-21-39(28-19-15-14-16-20-28)32(43)29-30-33(44)40(23-17-12-13-18-24-42)31(38(30)25-27(3)37(29,9)46-38)34(45)41(22-11-2)36(7,8)26-35(4,5)6/h10-11,14-16,19-20,27,29-31,42H,1-2,12-13,17-18,21-26H2,3-9H3/t27?,29-,30-,31?,37+,38?/m0/s1. The van der Waals surface area contributed by atoms with E-state index in [2.05, 4.69) is 54.7 Å². The number of aliphatic hydroxyl groups excluding tert-OH is 1. The van der Waals surface area contributed by atoms with Crippen LogP contribution in [0, 0.1) is 23.2 Å². The third kappa shape index (κ3) is 6.44. The van der Waals surface area contributed by atoms with E-state index in [4.69, 9.17) is 4.74 Å². The van der Waals surface area contributed by atoms with Crippen LogP contribution in [0.15, 0.2) is 55.6 Å².